The van der Waals surface area contributed by atoms with Gasteiger partial charge in [-0.15, -0.1) is 0 Å². The molecule has 1 fully saturated rings. The van der Waals surface area contributed by atoms with Crippen molar-refractivity contribution in [2.24, 2.45) is 11.8 Å². The molecule has 0 aliphatic heterocycles. The summed E-state index contributed by atoms with van der Waals surface area (Å²) in [7, 11) is 0. The SMILES string of the molecule is C.C.C.C=C1C(=O)C(=O)C(C)=C1[O-].C=C1C(=O)C(C)C1O.C=CC1=C(C)/C(=C/C)CC(C)C1. The first-order valence-corrected chi connectivity index (χ1v) is 9.93. The fourth-order valence-electron chi connectivity index (χ4n) is 3.43. The number of aliphatic hydroxyl groups excluding tert-OH is 1. The van der Waals surface area contributed by atoms with E-state index in [1.165, 1.54) is 36.5 Å². The average molecular weight is 460 g/mol. The summed E-state index contributed by atoms with van der Waals surface area (Å²) in [6.07, 6.45) is 6.11. The van der Waals surface area contributed by atoms with Gasteiger partial charge in [-0.2, -0.15) is 0 Å². The lowest BCUT2D eigenvalue weighted by molar-refractivity contribution is -0.297. The predicted octanol–water partition coefficient (Wildman–Crippen LogP) is 5.22. The molecule has 3 unspecified atom stereocenters. The molecule has 5 nitrogen and oxygen atoms in total. The van der Waals surface area contributed by atoms with Crippen molar-refractivity contribution in [3.63, 3.8) is 0 Å². The number of carbonyl (C=O) groups excluding carboxylic acids is 3. The van der Waals surface area contributed by atoms with E-state index in [1.54, 1.807) is 6.92 Å². The molecule has 0 saturated heterocycles. The normalized spacial score (nSPS) is 25.0. The van der Waals surface area contributed by atoms with Crippen molar-refractivity contribution in [1.29, 1.82) is 0 Å². The zero-order valence-corrected chi connectivity index (χ0v) is 18.5. The highest BCUT2D eigenvalue weighted by molar-refractivity contribution is 6.52. The fraction of sp³-hybridized carbons (Fsp3) is 0.464. The lowest BCUT2D eigenvalue weighted by atomic mass is 9.78. The maximum absolute atomic E-state index is 10.7. The van der Waals surface area contributed by atoms with Crippen LogP contribution in [0.5, 0.6) is 0 Å². The lowest BCUT2D eigenvalue weighted by Gasteiger charge is -2.29. The number of allylic oxidation sites excluding steroid dienone is 7. The van der Waals surface area contributed by atoms with Gasteiger partial charge in [0.2, 0.25) is 11.6 Å². The van der Waals surface area contributed by atoms with E-state index in [-0.39, 0.29) is 45.1 Å². The molecule has 3 aliphatic carbocycles. The standard InChI is InChI=1S/C12H18.C7H6O3.C6H8O2.3CH4/c1-5-11-7-9(3)8-12(6-2)10(11)4;1-3-5(8)4(2)7(10)6(3)9;1-3-5(7)4(2)6(3)8;;;/h5-6,9H,1,7-8H2,2-4H3;8H,1H2,2H3;4-5,7H,1H2,2H3;3*1H4/p-1/b12-6+;;;;;. The van der Waals surface area contributed by atoms with Crippen LogP contribution < -0.4 is 5.11 Å². The third-order valence-electron chi connectivity index (χ3n) is 5.69. The zero-order chi connectivity index (χ0) is 23.3. The Kier molecular flexibility index (Phi) is 15.2. The molecule has 0 spiro atoms. The minimum absolute atomic E-state index is 0. The van der Waals surface area contributed by atoms with Gasteiger partial charge in [-0.3, -0.25) is 14.4 Å². The van der Waals surface area contributed by atoms with E-state index in [9.17, 15) is 19.5 Å². The summed E-state index contributed by atoms with van der Waals surface area (Å²) in [5, 5.41) is 19.6. The van der Waals surface area contributed by atoms with E-state index in [0.717, 1.165) is 5.92 Å². The molecule has 3 atom stereocenters. The van der Waals surface area contributed by atoms with E-state index in [2.05, 4.69) is 46.6 Å². The monoisotopic (exact) mass is 459 g/mol. The van der Waals surface area contributed by atoms with Crippen LogP contribution >= 0.6 is 0 Å². The molecule has 5 heteroatoms. The fourth-order valence-corrected chi connectivity index (χ4v) is 3.43. The first kappa shape index (κ1) is 34.8. The van der Waals surface area contributed by atoms with Gasteiger partial charge < -0.3 is 10.2 Å². The van der Waals surface area contributed by atoms with Crippen molar-refractivity contribution in [3.05, 3.63) is 71.1 Å². The summed E-state index contributed by atoms with van der Waals surface area (Å²) >= 11 is 0. The Hall–Kier alpha value is -2.79. The van der Waals surface area contributed by atoms with Crippen molar-refractivity contribution in [3.8, 4) is 0 Å². The van der Waals surface area contributed by atoms with Crippen LogP contribution in [0.4, 0.5) is 0 Å². The molecule has 0 bridgehead atoms. The Balaban J connectivity index is -0.000000398. The van der Waals surface area contributed by atoms with Crippen LogP contribution in [0.2, 0.25) is 0 Å². The highest BCUT2D eigenvalue weighted by Crippen LogP contribution is 2.33. The summed E-state index contributed by atoms with van der Waals surface area (Å²) in [6, 6.07) is 0. The molecule has 1 saturated carbocycles. The van der Waals surface area contributed by atoms with Gasteiger partial charge in [-0.1, -0.05) is 73.8 Å². The van der Waals surface area contributed by atoms with E-state index in [0.29, 0.717) is 5.57 Å². The van der Waals surface area contributed by atoms with E-state index < -0.39 is 23.4 Å². The topological polar surface area (TPSA) is 94.5 Å². The Labute approximate surface area is 201 Å². The van der Waals surface area contributed by atoms with Crippen LogP contribution in [0, 0.1) is 11.8 Å². The van der Waals surface area contributed by atoms with Gasteiger partial charge in [0.25, 0.3) is 0 Å². The maximum atomic E-state index is 10.7. The zero-order valence-electron chi connectivity index (χ0n) is 18.5. The molecule has 0 aromatic carbocycles. The van der Waals surface area contributed by atoms with E-state index >= 15 is 0 Å². The Morgan fingerprint density at radius 3 is 1.73 bits per heavy atom. The van der Waals surface area contributed by atoms with Crippen LogP contribution in [-0.4, -0.2) is 28.6 Å². The number of aliphatic hydroxyl groups is 1. The van der Waals surface area contributed by atoms with E-state index in [4.69, 9.17) is 5.11 Å². The quantitative estimate of drug-likeness (QED) is 0.428. The van der Waals surface area contributed by atoms with Gasteiger partial charge in [-0.25, -0.2) is 0 Å². The second-order valence-electron chi connectivity index (χ2n) is 7.90. The Morgan fingerprint density at radius 1 is 0.970 bits per heavy atom. The van der Waals surface area contributed by atoms with Crippen molar-refractivity contribution < 1.29 is 24.6 Å². The van der Waals surface area contributed by atoms with Crippen molar-refractivity contribution in [2.75, 3.05) is 0 Å². The highest BCUT2D eigenvalue weighted by atomic mass is 16.3. The number of Topliss-reactive ketones (excluding diaryl/α,β-unsaturated/α-hetero) is 3. The molecule has 0 aromatic heterocycles. The average Bonchev–Trinajstić information content (AvgIpc) is 2.91. The van der Waals surface area contributed by atoms with Crippen LogP contribution in [0.3, 0.4) is 0 Å². The summed E-state index contributed by atoms with van der Waals surface area (Å²) in [5.74, 6) is -1.42. The molecular weight excluding hydrogens is 416 g/mol. The summed E-state index contributed by atoms with van der Waals surface area (Å²) < 4.78 is 0. The number of hydrogen-bond acceptors (Lipinski definition) is 5. The van der Waals surface area contributed by atoms with Gasteiger partial charge in [0.05, 0.1) is 6.10 Å². The number of carbonyl (C=O) groups is 3. The summed E-state index contributed by atoms with van der Waals surface area (Å²) in [5.41, 5.74) is 4.52. The first-order valence-electron chi connectivity index (χ1n) is 9.93. The third kappa shape index (κ3) is 7.64. The van der Waals surface area contributed by atoms with Crippen molar-refractivity contribution >= 4 is 17.3 Å². The van der Waals surface area contributed by atoms with Crippen LogP contribution in [0.1, 0.15) is 69.7 Å². The molecule has 1 N–H and O–H groups in total. The van der Waals surface area contributed by atoms with Crippen molar-refractivity contribution in [2.45, 2.75) is 75.8 Å². The Bertz CT molecular complexity index is 851. The van der Waals surface area contributed by atoms with Gasteiger partial charge in [-0.05, 0) is 61.8 Å². The number of ketones is 3. The molecule has 0 radical (unpaired) electrons. The first-order chi connectivity index (χ1) is 13.9. The molecule has 0 heterocycles. The van der Waals surface area contributed by atoms with Crippen LogP contribution in [-0.2, 0) is 14.4 Å². The predicted molar refractivity (Wildman–Crippen MR) is 136 cm³/mol. The molecule has 3 aliphatic rings. The summed E-state index contributed by atoms with van der Waals surface area (Å²) in [4.78, 5) is 31.8. The van der Waals surface area contributed by atoms with Crippen molar-refractivity contribution in [1.82, 2.24) is 0 Å². The molecule has 33 heavy (non-hydrogen) atoms. The van der Waals surface area contributed by atoms with Gasteiger partial charge >= 0.3 is 0 Å². The number of hydrogen-bond donors (Lipinski definition) is 1. The smallest absolute Gasteiger partial charge is 0.231 e. The van der Waals surface area contributed by atoms with E-state index in [1.807, 2.05) is 6.08 Å². The summed E-state index contributed by atoms with van der Waals surface area (Å²) in [6.45, 7) is 20.1. The van der Waals surface area contributed by atoms with Gasteiger partial charge in [0, 0.05) is 17.1 Å². The minimum atomic E-state index is -0.762. The van der Waals surface area contributed by atoms with Gasteiger partial charge in [0.1, 0.15) is 0 Å². The third-order valence-corrected chi connectivity index (χ3v) is 5.69. The molecular formula is C28H43O5-. The Morgan fingerprint density at radius 2 is 1.48 bits per heavy atom. The van der Waals surface area contributed by atoms with Crippen LogP contribution in [0.15, 0.2) is 71.1 Å². The maximum Gasteiger partial charge on any atom is 0.231 e. The minimum Gasteiger partial charge on any atom is -0.872 e. The largest absolute Gasteiger partial charge is 0.872 e. The number of rotatable bonds is 1. The van der Waals surface area contributed by atoms with Gasteiger partial charge in [0.15, 0.2) is 5.78 Å². The molecule has 0 aromatic rings. The molecule has 3 rings (SSSR count). The lowest BCUT2D eigenvalue weighted by Crippen LogP contribution is -2.42. The second-order valence-corrected chi connectivity index (χ2v) is 7.90. The second kappa shape index (κ2) is 14.4. The highest BCUT2D eigenvalue weighted by Gasteiger charge is 2.38. The molecule has 0 amide bonds. The molecule has 186 valence electrons. The van der Waals surface area contributed by atoms with Crippen LogP contribution in [0.25, 0.3) is 0 Å².